The van der Waals surface area contributed by atoms with Gasteiger partial charge in [-0.05, 0) is 35.9 Å². The predicted molar refractivity (Wildman–Crippen MR) is 96.8 cm³/mol. The Hall–Kier alpha value is -2.75. The Morgan fingerprint density at radius 2 is 1.79 bits per heavy atom. The zero-order valence-corrected chi connectivity index (χ0v) is 14.6. The number of carbonyl (C=O) groups is 1. The molecule has 0 saturated carbocycles. The van der Waals surface area contributed by atoms with Crippen LogP contribution >= 0.6 is 0 Å². The molecule has 1 N–H and O–H groups in total. The van der Waals surface area contributed by atoms with Crippen LogP contribution < -0.4 is 4.74 Å². The summed E-state index contributed by atoms with van der Waals surface area (Å²) in [6.07, 6.45) is 0.742. The summed E-state index contributed by atoms with van der Waals surface area (Å²) in [7, 11) is 3.06. The number of esters is 1. The van der Waals surface area contributed by atoms with E-state index in [1.54, 1.807) is 13.2 Å². The van der Waals surface area contributed by atoms with Crippen molar-refractivity contribution in [1.82, 2.24) is 4.98 Å². The number of methoxy groups -OCH3 is 2. The molecule has 0 aliphatic rings. The van der Waals surface area contributed by atoms with Crippen LogP contribution in [0.5, 0.6) is 5.75 Å². The summed E-state index contributed by atoms with van der Waals surface area (Å²) < 4.78 is 10.1. The van der Waals surface area contributed by atoms with Gasteiger partial charge in [-0.3, -0.25) is 0 Å². The summed E-state index contributed by atoms with van der Waals surface area (Å²) in [5, 5.41) is 0.993. The molecule has 1 aromatic heterocycles. The first-order chi connectivity index (χ1) is 11.7. The van der Waals surface area contributed by atoms with Crippen LogP contribution in [-0.2, 0) is 11.2 Å². The monoisotopic (exact) mass is 325 g/mol. The maximum absolute atomic E-state index is 11.6. The van der Waals surface area contributed by atoms with Crippen LogP contribution in [0.15, 0.2) is 48.5 Å². The van der Waals surface area contributed by atoms with Gasteiger partial charge in [0.1, 0.15) is 5.75 Å². The highest BCUT2D eigenvalue weighted by Gasteiger charge is 2.09. The van der Waals surface area contributed by atoms with Crippen LogP contribution in [0.25, 0.3) is 10.9 Å². The summed E-state index contributed by atoms with van der Waals surface area (Å²) in [6, 6.07) is 15.5. The molecule has 0 saturated heterocycles. The molecule has 0 aliphatic carbocycles. The molecule has 0 spiro atoms. The number of benzene rings is 2. The maximum Gasteiger partial charge on any atom is 0.337 e. The third kappa shape index (κ3) is 3.77. The highest BCUT2D eigenvalue weighted by atomic mass is 16.5. The van der Waals surface area contributed by atoms with Gasteiger partial charge >= 0.3 is 5.97 Å². The lowest BCUT2D eigenvalue weighted by Gasteiger charge is -2.06. The lowest BCUT2D eigenvalue weighted by molar-refractivity contribution is 0.0601. The summed E-state index contributed by atoms with van der Waals surface area (Å²) >= 11 is 0. The van der Waals surface area contributed by atoms with Gasteiger partial charge in [0.05, 0.1) is 19.8 Å². The number of hydrogen-bond acceptors (Lipinski definition) is 3. The lowest BCUT2D eigenvalue weighted by Crippen LogP contribution is -2.00. The van der Waals surface area contributed by atoms with Crippen LogP contribution in [0, 0.1) is 0 Å². The van der Waals surface area contributed by atoms with Crippen LogP contribution in [0.2, 0.25) is 0 Å². The molecule has 1 heterocycles. The molecule has 0 bridgehead atoms. The van der Waals surface area contributed by atoms with Crippen LogP contribution in [0.1, 0.15) is 35.5 Å². The van der Waals surface area contributed by atoms with Crippen molar-refractivity contribution < 1.29 is 14.3 Å². The van der Waals surface area contributed by atoms with E-state index in [1.807, 2.05) is 56.3 Å². The first-order valence-corrected chi connectivity index (χ1v) is 8.03. The van der Waals surface area contributed by atoms with Crippen molar-refractivity contribution in [1.29, 1.82) is 0 Å². The average molecular weight is 325 g/mol. The van der Waals surface area contributed by atoms with E-state index in [-0.39, 0.29) is 5.97 Å². The molecular weight excluding hydrogens is 302 g/mol. The largest absolute Gasteiger partial charge is 0.496 e. The Morgan fingerprint density at radius 3 is 2.50 bits per heavy atom. The van der Waals surface area contributed by atoms with Crippen LogP contribution in [-0.4, -0.2) is 25.2 Å². The number of fused-ring (bicyclic) bond motifs is 1. The van der Waals surface area contributed by atoms with Crippen LogP contribution in [0.3, 0.4) is 0 Å². The third-order valence-electron chi connectivity index (χ3n) is 3.67. The molecule has 2 aromatic carbocycles. The lowest BCUT2D eigenvalue weighted by atomic mass is 10.1. The fourth-order valence-electron chi connectivity index (χ4n) is 2.59. The normalized spacial score (nSPS) is 10.0. The number of rotatable bonds is 4. The summed E-state index contributed by atoms with van der Waals surface area (Å²) in [6.45, 7) is 4.00. The minimum Gasteiger partial charge on any atom is -0.496 e. The zero-order chi connectivity index (χ0) is 17.5. The number of nitrogens with one attached hydrogen (secondary N) is 1. The Bertz CT molecular complexity index is 821. The van der Waals surface area contributed by atoms with Gasteiger partial charge < -0.3 is 14.5 Å². The fraction of sp³-hybridized carbons (Fsp3) is 0.250. The van der Waals surface area contributed by atoms with E-state index in [9.17, 15) is 4.79 Å². The van der Waals surface area contributed by atoms with Crippen molar-refractivity contribution in [2.24, 2.45) is 0 Å². The SMILES string of the molecule is CC.COC(=O)c1ccc2[nH]c(Cc3ccccc3OC)cc2c1. The quantitative estimate of drug-likeness (QED) is 0.714. The maximum atomic E-state index is 11.6. The van der Waals surface area contributed by atoms with E-state index >= 15 is 0 Å². The molecule has 24 heavy (non-hydrogen) atoms. The van der Waals surface area contributed by atoms with E-state index in [2.05, 4.69) is 4.98 Å². The molecule has 0 radical (unpaired) electrons. The molecule has 126 valence electrons. The molecular formula is C20H23NO3. The summed E-state index contributed by atoms with van der Waals surface area (Å²) in [4.78, 5) is 15.0. The molecule has 0 unspecified atom stereocenters. The first-order valence-electron chi connectivity index (χ1n) is 8.03. The van der Waals surface area contributed by atoms with Gasteiger partial charge in [-0.1, -0.05) is 32.0 Å². The van der Waals surface area contributed by atoms with Gasteiger partial charge in [-0.2, -0.15) is 0 Å². The van der Waals surface area contributed by atoms with Gasteiger partial charge in [0, 0.05) is 23.0 Å². The number of aromatic amines is 1. The smallest absolute Gasteiger partial charge is 0.337 e. The second-order valence-electron chi connectivity index (χ2n) is 5.08. The number of carbonyl (C=O) groups excluding carboxylic acids is 1. The fourth-order valence-corrected chi connectivity index (χ4v) is 2.59. The molecule has 0 amide bonds. The molecule has 0 aliphatic heterocycles. The molecule has 0 atom stereocenters. The van der Waals surface area contributed by atoms with Gasteiger partial charge in [0.15, 0.2) is 0 Å². The topological polar surface area (TPSA) is 51.3 Å². The number of aromatic nitrogens is 1. The Labute approximate surface area is 142 Å². The minimum atomic E-state index is -0.325. The Balaban J connectivity index is 0.00000100. The molecule has 4 heteroatoms. The summed E-state index contributed by atoms with van der Waals surface area (Å²) in [5.41, 5.74) is 3.74. The van der Waals surface area contributed by atoms with E-state index < -0.39 is 0 Å². The van der Waals surface area contributed by atoms with Crippen molar-refractivity contribution in [3.63, 3.8) is 0 Å². The van der Waals surface area contributed by atoms with Gasteiger partial charge in [-0.25, -0.2) is 4.79 Å². The molecule has 4 nitrogen and oxygen atoms in total. The van der Waals surface area contributed by atoms with Crippen molar-refractivity contribution in [3.05, 3.63) is 65.4 Å². The average Bonchev–Trinajstić information content (AvgIpc) is 3.04. The Kier molecular flexibility index (Phi) is 6.01. The first kappa shape index (κ1) is 17.6. The van der Waals surface area contributed by atoms with Gasteiger partial charge in [0.2, 0.25) is 0 Å². The van der Waals surface area contributed by atoms with Crippen LogP contribution in [0.4, 0.5) is 0 Å². The third-order valence-corrected chi connectivity index (χ3v) is 3.67. The minimum absolute atomic E-state index is 0.325. The van der Waals surface area contributed by atoms with E-state index in [4.69, 9.17) is 9.47 Å². The number of hydrogen-bond donors (Lipinski definition) is 1. The summed E-state index contributed by atoms with van der Waals surface area (Å²) in [5.74, 6) is 0.547. The number of para-hydroxylation sites is 1. The second kappa shape index (κ2) is 8.20. The van der Waals surface area contributed by atoms with Crippen molar-refractivity contribution in [2.45, 2.75) is 20.3 Å². The van der Waals surface area contributed by atoms with E-state index in [0.29, 0.717) is 5.56 Å². The Morgan fingerprint density at radius 1 is 1.04 bits per heavy atom. The highest BCUT2D eigenvalue weighted by Crippen LogP contribution is 2.24. The van der Waals surface area contributed by atoms with Gasteiger partial charge in [-0.15, -0.1) is 0 Å². The second-order valence-corrected chi connectivity index (χ2v) is 5.08. The van der Waals surface area contributed by atoms with E-state index in [0.717, 1.165) is 34.3 Å². The molecule has 0 fully saturated rings. The van der Waals surface area contributed by atoms with Crippen molar-refractivity contribution >= 4 is 16.9 Å². The number of H-pyrrole nitrogens is 1. The highest BCUT2D eigenvalue weighted by molar-refractivity contribution is 5.94. The zero-order valence-electron chi connectivity index (χ0n) is 14.6. The predicted octanol–water partition coefficient (Wildman–Crippen LogP) is 4.58. The van der Waals surface area contributed by atoms with Crippen molar-refractivity contribution in [3.8, 4) is 5.75 Å². The number of ether oxygens (including phenoxy) is 2. The van der Waals surface area contributed by atoms with Crippen molar-refractivity contribution in [2.75, 3.05) is 14.2 Å². The molecule has 3 rings (SSSR count). The molecule has 3 aromatic rings. The standard InChI is InChI=1S/C18H17NO3.C2H6/c1-21-17-6-4-3-5-12(17)10-15-11-14-9-13(18(20)22-2)7-8-16(14)19-15;1-2/h3-9,11,19H,10H2,1-2H3;1-2H3. The van der Waals surface area contributed by atoms with E-state index in [1.165, 1.54) is 7.11 Å². The van der Waals surface area contributed by atoms with Gasteiger partial charge in [0.25, 0.3) is 0 Å².